The predicted octanol–water partition coefficient (Wildman–Crippen LogP) is 1.37. The van der Waals surface area contributed by atoms with Crippen molar-refractivity contribution >= 4 is 23.1 Å². The molecular formula is C12H11N3O2. The Morgan fingerprint density at radius 2 is 1.94 bits per heavy atom. The zero-order chi connectivity index (χ0) is 12.8. The van der Waals surface area contributed by atoms with Crippen molar-refractivity contribution in [3.05, 3.63) is 30.3 Å². The average molecular weight is 229 g/mol. The second-order valence-electron chi connectivity index (χ2n) is 3.42. The van der Waals surface area contributed by atoms with E-state index in [2.05, 4.69) is 5.32 Å². The van der Waals surface area contributed by atoms with Crippen molar-refractivity contribution in [2.75, 3.05) is 5.32 Å². The number of nitrogens with zero attached hydrogens (tertiary/aromatic N) is 1. The summed E-state index contributed by atoms with van der Waals surface area (Å²) in [5, 5.41) is 18.3. The fraction of sp³-hybridized carbons (Fsp3) is 0.167. The normalized spacial score (nSPS) is 11.1. The molecule has 86 valence electrons. The van der Waals surface area contributed by atoms with Crippen LogP contribution in [-0.2, 0) is 9.59 Å². The van der Waals surface area contributed by atoms with Crippen LogP contribution in [0.2, 0.25) is 0 Å². The van der Waals surface area contributed by atoms with Gasteiger partial charge in [-0.05, 0) is 19.1 Å². The van der Waals surface area contributed by atoms with Crippen molar-refractivity contribution in [3.8, 4) is 6.07 Å². The minimum Gasteiger partial charge on any atom is -0.325 e. The Morgan fingerprint density at radius 3 is 2.41 bits per heavy atom. The van der Waals surface area contributed by atoms with Crippen LogP contribution in [0.3, 0.4) is 0 Å². The minimum absolute atomic E-state index is 0.523. The van der Waals surface area contributed by atoms with Crippen LogP contribution >= 0.6 is 0 Å². The number of benzene rings is 1. The highest BCUT2D eigenvalue weighted by molar-refractivity contribution is 6.26. The molecule has 1 unspecified atom stereocenters. The molecule has 2 N–H and O–H groups in total. The third-order valence-electron chi connectivity index (χ3n) is 2.12. The third kappa shape index (κ3) is 3.24. The molecule has 5 heteroatoms. The van der Waals surface area contributed by atoms with E-state index in [1.807, 2.05) is 0 Å². The van der Waals surface area contributed by atoms with E-state index in [1.54, 1.807) is 30.3 Å². The molecule has 0 saturated heterocycles. The van der Waals surface area contributed by atoms with Crippen LogP contribution in [0.1, 0.15) is 6.92 Å². The van der Waals surface area contributed by atoms with Crippen LogP contribution in [0.4, 0.5) is 5.69 Å². The van der Waals surface area contributed by atoms with Crippen LogP contribution in [-0.4, -0.2) is 17.4 Å². The Balaban J connectivity index is 2.85. The average Bonchev–Trinajstić information content (AvgIpc) is 2.29. The second-order valence-corrected chi connectivity index (χ2v) is 3.42. The molecule has 0 saturated carbocycles. The van der Waals surface area contributed by atoms with Crippen molar-refractivity contribution in [2.45, 2.75) is 6.92 Å². The molecule has 1 atom stereocenters. The van der Waals surface area contributed by atoms with Crippen molar-refractivity contribution in [1.82, 2.24) is 0 Å². The fourth-order valence-electron chi connectivity index (χ4n) is 1.32. The number of nitrogens with one attached hydrogen (secondary N) is 2. The summed E-state index contributed by atoms with van der Waals surface area (Å²) < 4.78 is 0. The molecular weight excluding hydrogens is 218 g/mol. The number of ketones is 1. The number of Topliss-reactive ketones (excluding diaryl/α,β-unsaturated/α-hetero) is 1. The van der Waals surface area contributed by atoms with Gasteiger partial charge in [0.1, 0.15) is 23.5 Å². The van der Waals surface area contributed by atoms with Gasteiger partial charge in [-0.2, -0.15) is 5.26 Å². The summed E-state index contributed by atoms with van der Waals surface area (Å²) in [6.07, 6.45) is 0. The van der Waals surface area contributed by atoms with Crippen LogP contribution in [0.25, 0.3) is 0 Å². The number of nitriles is 1. The SMILES string of the molecule is CC(=O)C(C(=N)C#N)C(=O)Nc1ccccc1. The van der Waals surface area contributed by atoms with Gasteiger partial charge in [-0.15, -0.1) is 0 Å². The molecule has 1 aromatic rings. The first-order valence-electron chi connectivity index (χ1n) is 4.91. The van der Waals surface area contributed by atoms with Crippen LogP contribution < -0.4 is 5.32 Å². The lowest BCUT2D eigenvalue weighted by Crippen LogP contribution is -2.33. The lowest BCUT2D eigenvalue weighted by molar-refractivity contribution is -0.127. The summed E-state index contributed by atoms with van der Waals surface area (Å²) in [4.78, 5) is 23.0. The Kier molecular flexibility index (Phi) is 4.12. The van der Waals surface area contributed by atoms with E-state index < -0.39 is 23.3 Å². The van der Waals surface area contributed by atoms with Gasteiger partial charge >= 0.3 is 0 Å². The lowest BCUT2D eigenvalue weighted by Gasteiger charge is -2.11. The van der Waals surface area contributed by atoms with Crippen LogP contribution in [0.5, 0.6) is 0 Å². The molecule has 1 rings (SSSR count). The Hall–Kier alpha value is -2.48. The molecule has 1 amide bonds. The zero-order valence-electron chi connectivity index (χ0n) is 9.23. The standard InChI is InChI=1S/C12H11N3O2/c1-8(16)11(10(14)7-13)12(17)15-9-5-3-2-4-6-9/h2-6,11,14H,1H3,(H,15,17). The zero-order valence-corrected chi connectivity index (χ0v) is 9.23. The number of carbonyl (C=O) groups excluding carboxylic acids is 2. The molecule has 0 bridgehead atoms. The van der Waals surface area contributed by atoms with Gasteiger partial charge in [0.05, 0.1) is 0 Å². The molecule has 0 heterocycles. The van der Waals surface area contributed by atoms with Gasteiger partial charge in [0, 0.05) is 5.69 Å². The van der Waals surface area contributed by atoms with Gasteiger partial charge in [0.15, 0.2) is 0 Å². The Bertz CT molecular complexity index is 488. The van der Waals surface area contributed by atoms with Crippen molar-refractivity contribution < 1.29 is 9.59 Å². The molecule has 0 aliphatic carbocycles. The first kappa shape index (κ1) is 12.6. The molecule has 0 radical (unpaired) electrons. The van der Waals surface area contributed by atoms with Crippen LogP contribution in [0, 0.1) is 22.7 Å². The van der Waals surface area contributed by atoms with E-state index in [-0.39, 0.29) is 0 Å². The van der Waals surface area contributed by atoms with Gasteiger partial charge in [-0.25, -0.2) is 0 Å². The van der Waals surface area contributed by atoms with Gasteiger partial charge in [-0.3, -0.25) is 15.0 Å². The highest BCUT2D eigenvalue weighted by atomic mass is 16.2. The summed E-state index contributed by atoms with van der Waals surface area (Å²) >= 11 is 0. The number of hydrogen-bond acceptors (Lipinski definition) is 4. The molecule has 0 spiro atoms. The largest absolute Gasteiger partial charge is 0.325 e. The maximum atomic E-state index is 11.7. The predicted molar refractivity (Wildman–Crippen MR) is 62.6 cm³/mol. The van der Waals surface area contributed by atoms with Crippen molar-refractivity contribution in [3.63, 3.8) is 0 Å². The van der Waals surface area contributed by atoms with Gasteiger partial charge in [0.25, 0.3) is 0 Å². The summed E-state index contributed by atoms with van der Waals surface area (Å²) in [6.45, 7) is 1.18. The van der Waals surface area contributed by atoms with E-state index in [0.29, 0.717) is 5.69 Å². The minimum atomic E-state index is -1.33. The first-order chi connectivity index (χ1) is 8.06. The van der Waals surface area contributed by atoms with E-state index in [9.17, 15) is 9.59 Å². The van der Waals surface area contributed by atoms with Crippen molar-refractivity contribution in [1.29, 1.82) is 10.7 Å². The first-order valence-corrected chi connectivity index (χ1v) is 4.91. The summed E-state index contributed by atoms with van der Waals surface area (Å²) in [5.41, 5.74) is -0.0274. The molecule has 17 heavy (non-hydrogen) atoms. The fourth-order valence-corrected chi connectivity index (χ4v) is 1.32. The topological polar surface area (TPSA) is 93.8 Å². The van der Waals surface area contributed by atoms with E-state index >= 15 is 0 Å². The van der Waals surface area contributed by atoms with Gasteiger partial charge in [0.2, 0.25) is 5.91 Å². The molecule has 0 aliphatic rings. The van der Waals surface area contributed by atoms with Gasteiger partial charge < -0.3 is 5.32 Å². The number of para-hydroxylation sites is 1. The molecule has 0 fully saturated rings. The highest BCUT2D eigenvalue weighted by Crippen LogP contribution is 2.09. The second kappa shape index (κ2) is 5.56. The van der Waals surface area contributed by atoms with Gasteiger partial charge in [-0.1, -0.05) is 18.2 Å². The molecule has 0 aliphatic heterocycles. The summed E-state index contributed by atoms with van der Waals surface area (Å²) in [6, 6.07) is 10.1. The van der Waals surface area contributed by atoms with Crippen LogP contribution in [0.15, 0.2) is 30.3 Å². The van der Waals surface area contributed by atoms with E-state index in [1.165, 1.54) is 13.0 Å². The monoisotopic (exact) mass is 229 g/mol. The van der Waals surface area contributed by atoms with E-state index in [4.69, 9.17) is 10.7 Å². The highest BCUT2D eigenvalue weighted by Gasteiger charge is 2.28. The number of hydrogen-bond donors (Lipinski definition) is 2. The number of carbonyl (C=O) groups is 2. The molecule has 1 aromatic carbocycles. The Morgan fingerprint density at radius 1 is 1.35 bits per heavy atom. The number of anilines is 1. The number of rotatable bonds is 4. The quantitative estimate of drug-likeness (QED) is 0.603. The maximum absolute atomic E-state index is 11.7. The summed E-state index contributed by atoms with van der Waals surface area (Å²) in [5.74, 6) is -2.51. The number of amides is 1. The Labute approximate surface area is 98.6 Å². The maximum Gasteiger partial charge on any atom is 0.241 e. The smallest absolute Gasteiger partial charge is 0.241 e. The lowest BCUT2D eigenvalue weighted by atomic mass is 9.99. The molecule has 5 nitrogen and oxygen atoms in total. The van der Waals surface area contributed by atoms with E-state index in [0.717, 1.165) is 0 Å². The third-order valence-corrected chi connectivity index (χ3v) is 2.12. The summed E-state index contributed by atoms with van der Waals surface area (Å²) in [7, 11) is 0. The molecule has 0 aromatic heterocycles. The van der Waals surface area contributed by atoms with Crippen molar-refractivity contribution in [2.24, 2.45) is 5.92 Å².